The van der Waals surface area contributed by atoms with Crippen molar-refractivity contribution in [1.29, 1.82) is 5.26 Å². The third kappa shape index (κ3) is 2.53. The van der Waals surface area contributed by atoms with E-state index in [4.69, 9.17) is 10.2 Å². The van der Waals surface area contributed by atoms with Crippen molar-refractivity contribution in [2.45, 2.75) is 25.8 Å². The Kier molecular flexibility index (Phi) is 3.55. The summed E-state index contributed by atoms with van der Waals surface area (Å²) in [4.78, 5) is 7.24. The predicted molar refractivity (Wildman–Crippen MR) is 125 cm³/mol. The number of hydrogen-bond acceptors (Lipinski definition) is 3. The Bertz CT molecular complexity index is 1390. The Labute approximate surface area is 187 Å². The number of nitrogens with zero attached hydrogens (tertiary/aromatic N) is 5. The lowest BCUT2D eigenvalue weighted by Gasteiger charge is -2.57. The highest BCUT2D eigenvalue weighted by molar-refractivity contribution is 5.72. The molecule has 5 heteroatoms. The van der Waals surface area contributed by atoms with E-state index in [-0.39, 0.29) is 0 Å². The summed E-state index contributed by atoms with van der Waals surface area (Å²) in [6.07, 6.45) is 10.4. The first-order chi connectivity index (χ1) is 15.7. The van der Waals surface area contributed by atoms with Crippen molar-refractivity contribution in [2.24, 2.45) is 5.41 Å². The summed E-state index contributed by atoms with van der Waals surface area (Å²) in [6.45, 7) is 3.23. The zero-order chi connectivity index (χ0) is 21.3. The maximum Gasteiger partial charge on any atom is 0.161 e. The molecule has 4 heterocycles. The van der Waals surface area contributed by atoms with Gasteiger partial charge in [-0.1, -0.05) is 18.6 Å². The second-order valence-electron chi connectivity index (χ2n) is 9.57. The van der Waals surface area contributed by atoms with Crippen molar-refractivity contribution >= 4 is 5.69 Å². The fourth-order valence-electron chi connectivity index (χ4n) is 5.66. The molecule has 5 nitrogen and oxygen atoms in total. The molecule has 0 unspecified atom stereocenters. The quantitative estimate of drug-likeness (QED) is 0.395. The minimum Gasteiger partial charge on any atom is -0.370 e. The van der Waals surface area contributed by atoms with Crippen LogP contribution in [-0.2, 0) is 6.54 Å². The molecule has 0 amide bonds. The summed E-state index contributed by atoms with van der Waals surface area (Å²) in [5, 5.41) is 9.10. The van der Waals surface area contributed by atoms with Gasteiger partial charge in [0.1, 0.15) is 0 Å². The summed E-state index contributed by atoms with van der Waals surface area (Å²) < 4.78 is 4.52. The van der Waals surface area contributed by atoms with Crippen LogP contribution in [-0.4, -0.2) is 27.2 Å². The molecular weight excluding hydrogens is 394 g/mol. The van der Waals surface area contributed by atoms with Crippen LogP contribution in [0.5, 0.6) is 0 Å². The van der Waals surface area contributed by atoms with Gasteiger partial charge in [0.15, 0.2) is 5.82 Å². The molecule has 2 aromatic carbocycles. The van der Waals surface area contributed by atoms with Gasteiger partial charge in [-0.3, -0.25) is 4.57 Å². The lowest BCUT2D eigenvalue weighted by Crippen LogP contribution is -2.59. The van der Waals surface area contributed by atoms with Crippen LogP contribution in [0.1, 0.15) is 30.4 Å². The zero-order valence-corrected chi connectivity index (χ0v) is 17.8. The minimum atomic E-state index is 0.619. The van der Waals surface area contributed by atoms with Crippen molar-refractivity contribution in [3.8, 4) is 34.4 Å². The topological polar surface area (TPSA) is 49.8 Å². The molecule has 0 N–H and O–H groups in total. The highest BCUT2D eigenvalue weighted by Gasteiger charge is 2.47. The number of imidazole rings is 1. The first-order valence-electron chi connectivity index (χ1n) is 11.3. The van der Waals surface area contributed by atoms with E-state index in [2.05, 4.69) is 56.8 Å². The number of nitriles is 1. The Hall–Kier alpha value is -3.78. The zero-order valence-electron chi connectivity index (χ0n) is 17.8. The van der Waals surface area contributed by atoms with Gasteiger partial charge < -0.3 is 9.47 Å². The SMILES string of the molecule is N#Cc1ccc(-c2cc3n(c2)Cc2cc(N4CC5(CCC5)C4)ccc2-n2ccnc2-3)cc1. The minimum absolute atomic E-state index is 0.619. The van der Waals surface area contributed by atoms with E-state index in [9.17, 15) is 0 Å². The van der Waals surface area contributed by atoms with E-state index in [1.165, 1.54) is 49.3 Å². The average molecular weight is 418 g/mol. The molecule has 2 fully saturated rings. The van der Waals surface area contributed by atoms with Crippen LogP contribution in [0.15, 0.2) is 67.1 Å². The highest BCUT2D eigenvalue weighted by atomic mass is 15.2. The number of aromatic nitrogens is 3. The third-order valence-electron chi connectivity index (χ3n) is 7.61. The first-order valence-corrected chi connectivity index (χ1v) is 11.3. The second kappa shape index (κ2) is 6.37. The molecule has 0 atom stereocenters. The number of benzene rings is 2. The van der Waals surface area contributed by atoms with Crippen molar-refractivity contribution < 1.29 is 0 Å². The molecule has 32 heavy (non-hydrogen) atoms. The Balaban J connectivity index is 1.28. The smallest absolute Gasteiger partial charge is 0.161 e. The van der Waals surface area contributed by atoms with Gasteiger partial charge in [-0.2, -0.15) is 5.26 Å². The molecule has 2 aromatic heterocycles. The van der Waals surface area contributed by atoms with Crippen LogP contribution < -0.4 is 4.90 Å². The van der Waals surface area contributed by atoms with E-state index in [1.807, 2.05) is 30.5 Å². The second-order valence-corrected chi connectivity index (χ2v) is 9.57. The Morgan fingerprint density at radius 1 is 0.969 bits per heavy atom. The monoisotopic (exact) mass is 417 g/mol. The number of rotatable bonds is 2. The molecule has 3 aliphatic rings. The molecule has 156 valence electrons. The van der Waals surface area contributed by atoms with Crippen molar-refractivity contribution in [1.82, 2.24) is 14.1 Å². The molecule has 1 spiro atoms. The lowest BCUT2D eigenvalue weighted by atomic mass is 9.63. The molecule has 4 aromatic rings. The van der Waals surface area contributed by atoms with Crippen molar-refractivity contribution in [3.05, 3.63) is 78.2 Å². The molecule has 0 bridgehead atoms. The van der Waals surface area contributed by atoms with E-state index in [1.54, 1.807) is 0 Å². The van der Waals surface area contributed by atoms with Gasteiger partial charge in [-0.25, -0.2) is 4.98 Å². The van der Waals surface area contributed by atoms with Gasteiger partial charge in [-0.15, -0.1) is 0 Å². The first kappa shape index (κ1) is 17.9. The normalized spacial score (nSPS) is 17.4. The predicted octanol–water partition coefficient (Wildman–Crippen LogP) is 5.23. The fourth-order valence-corrected chi connectivity index (χ4v) is 5.66. The van der Waals surface area contributed by atoms with Crippen LogP contribution in [0.2, 0.25) is 0 Å². The van der Waals surface area contributed by atoms with Gasteiger partial charge in [-0.05, 0) is 60.4 Å². The maximum atomic E-state index is 9.10. The maximum absolute atomic E-state index is 9.10. The van der Waals surface area contributed by atoms with Crippen LogP contribution in [0.3, 0.4) is 0 Å². The van der Waals surface area contributed by atoms with Gasteiger partial charge in [0.25, 0.3) is 0 Å². The van der Waals surface area contributed by atoms with E-state index in [0.29, 0.717) is 11.0 Å². The molecule has 1 saturated heterocycles. The summed E-state index contributed by atoms with van der Waals surface area (Å²) in [6, 6.07) is 19.1. The van der Waals surface area contributed by atoms with E-state index < -0.39 is 0 Å². The van der Waals surface area contributed by atoms with Crippen LogP contribution in [0, 0.1) is 16.7 Å². The average Bonchev–Trinajstić information content (AvgIpc) is 3.37. The van der Waals surface area contributed by atoms with Crippen molar-refractivity contribution in [2.75, 3.05) is 18.0 Å². The van der Waals surface area contributed by atoms with Crippen LogP contribution >= 0.6 is 0 Å². The molecule has 1 aliphatic carbocycles. The summed E-state index contributed by atoms with van der Waals surface area (Å²) in [5.74, 6) is 0.966. The standard InChI is InChI=1S/C27H23N5/c28-14-19-2-4-20(5-3-19)21-13-25-26-29-10-11-32(26)24-7-6-23(12-22(24)16-30(25)15-21)31-17-27(18-31)8-1-9-27/h2-7,10-13,15H,1,8-9,16-18H2. The largest absolute Gasteiger partial charge is 0.370 e. The number of anilines is 1. The van der Waals surface area contributed by atoms with Crippen LogP contribution in [0.4, 0.5) is 5.69 Å². The van der Waals surface area contributed by atoms with Gasteiger partial charge in [0.2, 0.25) is 0 Å². The van der Waals surface area contributed by atoms with E-state index in [0.717, 1.165) is 29.2 Å². The molecule has 1 saturated carbocycles. The molecule has 0 radical (unpaired) electrons. The van der Waals surface area contributed by atoms with Gasteiger partial charge in [0, 0.05) is 54.9 Å². The Morgan fingerprint density at radius 3 is 2.56 bits per heavy atom. The summed E-state index contributed by atoms with van der Waals surface area (Å²) >= 11 is 0. The van der Waals surface area contributed by atoms with Crippen LogP contribution in [0.25, 0.3) is 28.3 Å². The van der Waals surface area contributed by atoms with Gasteiger partial charge >= 0.3 is 0 Å². The number of hydrogen-bond donors (Lipinski definition) is 0. The summed E-state index contributed by atoms with van der Waals surface area (Å²) in [5.41, 5.74) is 8.54. The molecule has 7 rings (SSSR count). The van der Waals surface area contributed by atoms with Gasteiger partial charge in [0.05, 0.1) is 23.0 Å². The third-order valence-corrected chi connectivity index (χ3v) is 7.61. The highest BCUT2D eigenvalue weighted by Crippen LogP contribution is 2.49. The Morgan fingerprint density at radius 2 is 1.81 bits per heavy atom. The summed E-state index contributed by atoms with van der Waals surface area (Å²) in [7, 11) is 0. The fraction of sp³-hybridized carbons (Fsp3) is 0.259. The van der Waals surface area contributed by atoms with Crippen molar-refractivity contribution in [3.63, 3.8) is 0 Å². The van der Waals surface area contributed by atoms with E-state index >= 15 is 0 Å². The molecular formula is C27H23N5. The lowest BCUT2D eigenvalue weighted by molar-refractivity contribution is 0.0904. The molecule has 2 aliphatic heterocycles. The number of fused-ring (bicyclic) bond motifs is 5.